The first-order valence-electron chi connectivity index (χ1n) is 5.51. The molecule has 2 fully saturated rings. The highest BCUT2D eigenvalue weighted by molar-refractivity contribution is 5.78. The molecule has 2 aliphatic heterocycles. The van der Waals surface area contributed by atoms with E-state index in [0.29, 0.717) is 26.2 Å². The minimum Gasteiger partial charge on any atom is -0.479 e. The molecule has 0 aromatic heterocycles. The Morgan fingerprint density at radius 3 is 3.00 bits per heavy atom. The molecule has 0 aliphatic carbocycles. The Morgan fingerprint density at radius 2 is 2.28 bits per heavy atom. The molecule has 0 bridgehead atoms. The van der Waals surface area contributed by atoms with Gasteiger partial charge in [0.15, 0.2) is 6.61 Å². The van der Waals surface area contributed by atoms with Crippen LogP contribution >= 0.6 is 0 Å². The van der Waals surface area contributed by atoms with E-state index in [1.54, 1.807) is 4.90 Å². The molecule has 2 rings (SSSR count). The van der Waals surface area contributed by atoms with Crippen molar-refractivity contribution in [1.82, 2.24) is 20.6 Å². The number of nitrogens with one attached hydrogen (secondary N) is 2. The van der Waals surface area contributed by atoms with Gasteiger partial charge in [0.05, 0.1) is 6.04 Å². The third-order valence-electron chi connectivity index (χ3n) is 2.87. The summed E-state index contributed by atoms with van der Waals surface area (Å²) in [5, 5.41) is 11.0. The van der Waals surface area contributed by atoms with Crippen LogP contribution in [0.5, 0.6) is 0 Å². The second-order valence-electron chi connectivity index (χ2n) is 4.07. The fourth-order valence-corrected chi connectivity index (χ4v) is 2.01. The van der Waals surface area contributed by atoms with Gasteiger partial charge in [0.2, 0.25) is 0 Å². The lowest BCUT2D eigenvalue weighted by atomic mass is 10.2. The maximum Gasteiger partial charge on any atom is 0.341 e. The number of aliphatic carboxylic acids is 1. The standard InChI is InChI=1S/C9H14N4O5/c14-7(15)5-18-11-9(17)12-1-2-13-6(4-12)3-10-8(13)16/h6H,1-5H2,(H,10,16)(H,11,17)(H,14,15). The third-order valence-corrected chi connectivity index (χ3v) is 2.87. The van der Waals surface area contributed by atoms with E-state index >= 15 is 0 Å². The number of urea groups is 2. The van der Waals surface area contributed by atoms with Crippen LogP contribution in [0.3, 0.4) is 0 Å². The van der Waals surface area contributed by atoms with Crippen molar-refractivity contribution in [3.63, 3.8) is 0 Å². The molecule has 2 aliphatic rings. The van der Waals surface area contributed by atoms with E-state index in [1.807, 2.05) is 0 Å². The van der Waals surface area contributed by atoms with Crippen LogP contribution in [-0.4, -0.2) is 71.8 Å². The van der Waals surface area contributed by atoms with E-state index in [4.69, 9.17) is 5.11 Å². The molecule has 9 nitrogen and oxygen atoms in total. The van der Waals surface area contributed by atoms with Crippen molar-refractivity contribution in [2.24, 2.45) is 0 Å². The number of hydroxylamine groups is 1. The van der Waals surface area contributed by atoms with Gasteiger partial charge in [-0.25, -0.2) is 19.9 Å². The molecule has 100 valence electrons. The fourth-order valence-electron chi connectivity index (χ4n) is 2.01. The van der Waals surface area contributed by atoms with Crippen LogP contribution in [0.15, 0.2) is 0 Å². The Hall–Kier alpha value is -2.03. The third kappa shape index (κ3) is 2.62. The maximum absolute atomic E-state index is 11.6. The first-order chi connectivity index (χ1) is 8.58. The normalized spacial score (nSPS) is 22.4. The summed E-state index contributed by atoms with van der Waals surface area (Å²) < 4.78 is 0. The van der Waals surface area contributed by atoms with Crippen LogP contribution < -0.4 is 10.8 Å². The Bertz CT molecular complexity index is 374. The minimum atomic E-state index is -1.16. The van der Waals surface area contributed by atoms with E-state index in [0.717, 1.165) is 0 Å². The van der Waals surface area contributed by atoms with Crippen molar-refractivity contribution in [3.8, 4) is 0 Å². The maximum atomic E-state index is 11.6. The van der Waals surface area contributed by atoms with Crippen LogP contribution in [0.2, 0.25) is 0 Å². The number of carbonyl (C=O) groups excluding carboxylic acids is 2. The van der Waals surface area contributed by atoms with E-state index in [9.17, 15) is 14.4 Å². The number of amides is 4. The van der Waals surface area contributed by atoms with Gasteiger partial charge < -0.3 is 20.2 Å². The van der Waals surface area contributed by atoms with Gasteiger partial charge in [0.1, 0.15) is 0 Å². The fraction of sp³-hybridized carbons (Fsp3) is 0.667. The summed E-state index contributed by atoms with van der Waals surface area (Å²) >= 11 is 0. The number of hydrogen-bond donors (Lipinski definition) is 3. The van der Waals surface area contributed by atoms with Crippen molar-refractivity contribution < 1.29 is 24.3 Å². The van der Waals surface area contributed by atoms with E-state index in [2.05, 4.69) is 15.6 Å². The van der Waals surface area contributed by atoms with Crippen LogP contribution in [0, 0.1) is 0 Å². The lowest BCUT2D eigenvalue weighted by molar-refractivity contribution is -0.144. The molecule has 18 heavy (non-hydrogen) atoms. The Labute approximate surface area is 103 Å². The van der Waals surface area contributed by atoms with Crippen LogP contribution in [-0.2, 0) is 9.63 Å². The number of nitrogens with zero attached hydrogens (tertiary/aromatic N) is 2. The van der Waals surface area contributed by atoms with Crippen LogP contribution in [0.1, 0.15) is 0 Å². The monoisotopic (exact) mass is 258 g/mol. The zero-order chi connectivity index (χ0) is 13.1. The molecular formula is C9H14N4O5. The summed E-state index contributed by atoms with van der Waals surface area (Å²) in [5.74, 6) is -1.16. The quantitative estimate of drug-likeness (QED) is 0.529. The summed E-state index contributed by atoms with van der Waals surface area (Å²) in [6.45, 7) is 1.18. The number of carboxylic acid groups (broad SMARTS) is 1. The van der Waals surface area contributed by atoms with Gasteiger partial charge in [-0.2, -0.15) is 0 Å². The van der Waals surface area contributed by atoms with E-state index in [-0.39, 0.29) is 12.1 Å². The van der Waals surface area contributed by atoms with Gasteiger partial charge >= 0.3 is 18.0 Å². The number of hydrogen-bond acceptors (Lipinski definition) is 4. The topological polar surface area (TPSA) is 111 Å². The highest BCUT2D eigenvalue weighted by Gasteiger charge is 2.36. The Balaban J connectivity index is 1.79. The van der Waals surface area contributed by atoms with E-state index < -0.39 is 18.6 Å². The molecular weight excluding hydrogens is 244 g/mol. The van der Waals surface area contributed by atoms with Gasteiger partial charge in [-0.15, -0.1) is 0 Å². The number of rotatable bonds is 3. The summed E-state index contributed by atoms with van der Waals surface area (Å²) in [4.78, 5) is 40.8. The molecule has 0 saturated carbocycles. The second-order valence-corrected chi connectivity index (χ2v) is 4.07. The molecule has 0 spiro atoms. The molecule has 3 N–H and O–H groups in total. The molecule has 2 heterocycles. The van der Waals surface area contributed by atoms with Gasteiger partial charge in [-0.05, 0) is 0 Å². The molecule has 0 aromatic carbocycles. The first kappa shape index (κ1) is 12.4. The van der Waals surface area contributed by atoms with Gasteiger partial charge in [0, 0.05) is 26.2 Å². The van der Waals surface area contributed by atoms with Crippen molar-refractivity contribution in [1.29, 1.82) is 0 Å². The average molecular weight is 258 g/mol. The van der Waals surface area contributed by atoms with Crippen molar-refractivity contribution >= 4 is 18.0 Å². The van der Waals surface area contributed by atoms with Gasteiger partial charge in [-0.3, -0.25) is 4.84 Å². The zero-order valence-electron chi connectivity index (χ0n) is 9.59. The zero-order valence-corrected chi connectivity index (χ0v) is 9.59. The number of carbonyl (C=O) groups is 3. The molecule has 1 unspecified atom stereocenters. The number of fused-ring (bicyclic) bond motifs is 1. The first-order valence-corrected chi connectivity index (χ1v) is 5.51. The summed E-state index contributed by atoms with van der Waals surface area (Å²) in [5.41, 5.74) is 2.06. The molecule has 9 heteroatoms. The predicted octanol–water partition coefficient (Wildman–Crippen LogP) is -1.58. The Kier molecular flexibility index (Phi) is 3.51. The highest BCUT2D eigenvalue weighted by atomic mass is 16.7. The molecule has 0 aromatic rings. The molecule has 1 atom stereocenters. The predicted molar refractivity (Wildman–Crippen MR) is 57.6 cm³/mol. The number of piperazine rings is 1. The van der Waals surface area contributed by atoms with Gasteiger partial charge in [0.25, 0.3) is 0 Å². The second kappa shape index (κ2) is 5.08. The molecule has 0 radical (unpaired) electrons. The van der Waals surface area contributed by atoms with E-state index in [1.165, 1.54) is 4.90 Å². The summed E-state index contributed by atoms with van der Waals surface area (Å²) in [6.07, 6.45) is 0. The van der Waals surface area contributed by atoms with Crippen LogP contribution in [0.4, 0.5) is 9.59 Å². The van der Waals surface area contributed by atoms with Crippen molar-refractivity contribution in [3.05, 3.63) is 0 Å². The van der Waals surface area contributed by atoms with Crippen molar-refractivity contribution in [2.45, 2.75) is 6.04 Å². The SMILES string of the molecule is O=C(O)CONC(=O)N1CCN2C(=O)NCC2C1. The average Bonchev–Trinajstić information content (AvgIpc) is 2.70. The minimum absolute atomic E-state index is 0.0310. The lowest BCUT2D eigenvalue weighted by Gasteiger charge is -2.36. The highest BCUT2D eigenvalue weighted by Crippen LogP contribution is 2.13. The summed E-state index contributed by atoms with van der Waals surface area (Å²) in [6, 6.07) is -0.631. The summed E-state index contributed by atoms with van der Waals surface area (Å²) in [7, 11) is 0. The molecule has 4 amide bonds. The van der Waals surface area contributed by atoms with Crippen LogP contribution in [0.25, 0.3) is 0 Å². The van der Waals surface area contributed by atoms with Gasteiger partial charge in [-0.1, -0.05) is 0 Å². The molecule has 2 saturated heterocycles. The van der Waals surface area contributed by atoms with Crippen molar-refractivity contribution in [2.75, 3.05) is 32.8 Å². The largest absolute Gasteiger partial charge is 0.479 e. The Morgan fingerprint density at radius 1 is 1.50 bits per heavy atom. The number of carboxylic acids is 1. The lowest BCUT2D eigenvalue weighted by Crippen LogP contribution is -2.56. The smallest absolute Gasteiger partial charge is 0.341 e.